The Balaban J connectivity index is 1.69. The summed E-state index contributed by atoms with van der Waals surface area (Å²) in [6.45, 7) is 6.72. The maximum atomic E-state index is 6.24. The number of hydrogen-bond donors (Lipinski definition) is 3. The van der Waals surface area contributed by atoms with Gasteiger partial charge in [-0.15, -0.1) is 0 Å². The third-order valence-corrected chi connectivity index (χ3v) is 5.15. The van der Waals surface area contributed by atoms with Crippen molar-refractivity contribution in [1.82, 2.24) is 24.9 Å². The van der Waals surface area contributed by atoms with Gasteiger partial charge in [0.15, 0.2) is 5.82 Å². The van der Waals surface area contributed by atoms with E-state index in [-0.39, 0.29) is 5.95 Å². The Bertz CT molecular complexity index is 1220. The molecule has 0 fully saturated rings. The van der Waals surface area contributed by atoms with E-state index in [9.17, 15) is 0 Å². The Hall–Kier alpha value is -3.66. The zero-order chi connectivity index (χ0) is 22.2. The molecule has 0 spiro atoms. The van der Waals surface area contributed by atoms with Crippen LogP contribution in [0.3, 0.4) is 0 Å². The van der Waals surface area contributed by atoms with Crippen LogP contribution in [-0.2, 0) is 18.6 Å². The highest BCUT2D eigenvalue weighted by Gasteiger charge is 2.18. The summed E-state index contributed by atoms with van der Waals surface area (Å²) < 4.78 is 12.6. The number of rotatable bonds is 7. The zero-order valence-corrected chi connectivity index (χ0v) is 18.0. The van der Waals surface area contributed by atoms with E-state index < -0.39 is 5.54 Å². The maximum Gasteiger partial charge on any atom is 0.222 e. The predicted octanol–water partition coefficient (Wildman–Crippen LogP) is 2.57. The molecule has 1 aromatic carbocycles. The van der Waals surface area contributed by atoms with Crippen molar-refractivity contribution in [3.8, 4) is 5.75 Å². The summed E-state index contributed by atoms with van der Waals surface area (Å²) in [5.41, 5.74) is 15.9. The van der Waals surface area contributed by atoms with E-state index in [4.69, 9.17) is 20.7 Å². The minimum atomic E-state index is -0.466. The normalized spacial score (nSPS) is 11.8. The lowest BCUT2D eigenvalue weighted by molar-refractivity contribution is 0.396. The predicted molar refractivity (Wildman–Crippen MR) is 118 cm³/mol. The topological polar surface area (TPSA) is 143 Å². The fourth-order valence-electron chi connectivity index (χ4n) is 3.36. The molecule has 3 heterocycles. The van der Waals surface area contributed by atoms with Gasteiger partial charge < -0.3 is 26.0 Å². The third kappa shape index (κ3) is 4.15. The molecule has 0 unspecified atom stereocenters. The van der Waals surface area contributed by atoms with Gasteiger partial charge in [0.25, 0.3) is 0 Å². The van der Waals surface area contributed by atoms with Crippen molar-refractivity contribution in [2.45, 2.75) is 39.4 Å². The smallest absolute Gasteiger partial charge is 0.222 e. The molecule has 4 aromatic rings. The van der Waals surface area contributed by atoms with Crippen molar-refractivity contribution in [3.63, 3.8) is 0 Å². The van der Waals surface area contributed by atoms with Crippen LogP contribution in [0.5, 0.6) is 5.75 Å². The van der Waals surface area contributed by atoms with Crippen molar-refractivity contribution in [3.05, 3.63) is 53.0 Å². The number of aryl methyl sites for hydroxylation is 1. The van der Waals surface area contributed by atoms with Crippen LogP contribution in [0.25, 0.3) is 11.0 Å². The summed E-state index contributed by atoms with van der Waals surface area (Å²) in [7, 11) is 1.64. The Morgan fingerprint density at radius 3 is 2.68 bits per heavy atom. The molecule has 3 aromatic heterocycles. The highest BCUT2D eigenvalue weighted by atomic mass is 16.5. The lowest BCUT2D eigenvalue weighted by atomic mass is 9.94. The third-order valence-electron chi connectivity index (χ3n) is 5.15. The van der Waals surface area contributed by atoms with E-state index in [1.54, 1.807) is 19.5 Å². The minimum absolute atomic E-state index is 0.170. The van der Waals surface area contributed by atoms with Crippen molar-refractivity contribution in [2.75, 3.05) is 18.2 Å². The number of methoxy groups -OCH3 is 1. The van der Waals surface area contributed by atoms with Gasteiger partial charge >= 0.3 is 0 Å². The van der Waals surface area contributed by atoms with Crippen LogP contribution >= 0.6 is 0 Å². The van der Waals surface area contributed by atoms with Crippen molar-refractivity contribution in [1.29, 1.82) is 0 Å². The molecular formula is C21H26N8O2. The van der Waals surface area contributed by atoms with E-state index in [2.05, 4.69) is 25.5 Å². The molecule has 0 aliphatic carbocycles. The summed E-state index contributed by atoms with van der Waals surface area (Å²) in [4.78, 5) is 8.70. The highest BCUT2D eigenvalue weighted by molar-refractivity contribution is 5.86. The molecule has 31 heavy (non-hydrogen) atoms. The van der Waals surface area contributed by atoms with Gasteiger partial charge in [0.2, 0.25) is 5.95 Å². The van der Waals surface area contributed by atoms with Crippen LogP contribution in [-0.4, -0.2) is 32.0 Å². The van der Waals surface area contributed by atoms with Gasteiger partial charge in [-0.05, 0) is 32.4 Å². The lowest BCUT2D eigenvalue weighted by Crippen LogP contribution is -2.28. The van der Waals surface area contributed by atoms with Gasteiger partial charge in [0.1, 0.15) is 22.5 Å². The fraction of sp³-hybridized carbons (Fsp3) is 0.333. The molecule has 0 saturated carbocycles. The molecule has 5 N–H and O–H groups in total. The monoisotopic (exact) mass is 422 g/mol. The molecule has 0 aliphatic heterocycles. The summed E-state index contributed by atoms with van der Waals surface area (Å²) in [5.74, 6) is 2.24. The molecule has 0 aliphatic rings. The van der Waals surface area contributed by atoms with E-state index in [0.29, 0.717) is 24.4 Å². The molecule has 0 radical (unpaired) electrons. The quantitative estimate of drug-likeness (QED) is 0.409. The number of anilines is 2. The number of nitrogens with zero attached hydrogens (tertiary/aromatic N) is 5. The van der Waals surface area contributed by atoms with Crippen LogP contribution in [0.4, 0.5) is 11.8 Å². The van der Waals surface area contributed by atoms with Crippen LogP contribution < -0.4 is 21.5 Å². The molecule has 0 bridgehead atoms. The van der Waals surface area contributed by atoms with Gasteiger partial charge in [-0.2, -0.15) is 10.1 Å². The van der Waals surface area contributed by atoms with E-state index in [1.807, 2.05) is 43.7 Å². The number of nitrogens with one attached hydrogen (secondary N) is 1. The zero-order valence-electron chi connectivity index (χ0n) is 18.0. The minimum Gasteiger partial charge on any atom is -0.496 e. The summed E-state index contributed by atoms with van der Waals surface area (Å²) >= 11 is 0. The summed E-state index contributed by atoms with van der Waals surface area (Å²) in [5, 5.41) is 11.6. The highest BCUT2D eigenvalue weighted by Crippen LogP contribution is 2.28. The average Bonchev–Trinajstić information content (AvgIpc) is 3.31. The number of nitrogen functional groups attached to an aromatic ring is 1. The Labute approximate surface area is 179 Å². The van der Waals surface area contributed by atoms with Gasteiger partial charge in [-0.25, -0.2) is 4.98 Å². The average molecular weight is 422 g/mol. The molecule has 10 nitrogen and oxygen atoms in total. The summed E-state index contributed by atoms with van der Waals surface area (Å²) in [6.07, 6.45) is 3.35. The van der Waals surface area contributed by atoms with E-state index in [0.717, 1.165) is 33.7 Å². The van der Waals surface area contributed by atoms with Gasteiger partial charge in [0, 0.05) is 23.2 Å². The fourth-order valence-corrected chi connectivity index (χ4v) is 3.36. The van der Waals surface area contributed by atoms with Crippen molar-refractivity contribution in [2.24, 2.45) is 5.73 Å². The molecule has 162 valence electrons. The Kier molecular flexibility index (Phi) is 5.24. The lowest BCUT2D eigenvalue weighted by Gasteiger charge is -2.21. The number of fused-ring (bicyclic) bond motifs is 1. The van der Waals surface area contributed by atoms with Crippen LogP contribution in [0, 0.1) is 6.92 Å². The standard InChI is InChI=1S/C21H26N8O2/c1-12-14(9-26-31-12)8-24-19-18-16(27-20(22)28-19)10-25-29(18)11-13-5-6-15(21(2,3)23)7-17(13)30-4/h5-7,9-10H,8,11,23H2,1-4H3,(H3,22,24,27,28). The van der Waals surface area contributed by atoms with Gasteiger partial charge in [-0.1, -0.05) is 17.3 Å². The number of ether oxygens (including phenoxy) is 1. The summed E-state index contributed by atoms with van der Waals surface area (Å²) in [6, 6.07) is 5.97. The van der Waals surface area contributed by atoms with Gasteiger partial charge in [0.05, 0.1) is 26.0 Å². The van der Waals surface area contributed by atoms with Crippen LogP contribution in [0.2, 0.25) is 0 Å². The van der Waals surface area contributed by atoms with E-state index >= 15 is 0 Å². The number of hydrogen-bond acceptors (Lipinski definition) is 9. The SMILES string of the molecule is COc1cc(C(C)(C)N)ccc1Cn1ncc2nc(N)nc(NCc3cnoc3C)c21. The maximum absolute atomic E-state index is 6.24. The molecule has 0 amide bonds. The second kappa shape index (κ2) is 7.88. The van der Waals surface area contributed by atoms with Crippen LogP contribution in [0.1, 0.15) is 36.3 Å². The van der Waals surface area contributed by atoms with Gasteiger partial charge in [-0.3, -0.25) is 4.68 Å². The Morgan fingerprint density at radius 2 is 2.00 bits per heavy atom. The van der Waals surface area contributed by atoms with E-state index in [1.165, 1.54) is 0 Å². The van der Waals surface area contributed by atoms with Crippen molar-refractivity contribution < 1.29 is 9.26 Å². The first-order valence-electron chi connectivity index (χ1n) is 9.85. The molecule has 0 atom stereocenters. The molecule has 0 saturated heterocycles. The van der Waals surface area contributed by atoms with Crippen molar-refractivity contribution >= 4 is 22.8 Å². The first-order chi connectivity index (χ1) is 14.8. The first-order valence-corrected chi connectivity index (χ1v) is 9.85. The molecule has 10 heteroatoms. The number of nitrogens with two attached hydrogens (primary N) is 2. The number of aromatic nitrogens is 5. The second-order valence-electron chi connectivity index (χ2n) is 7.98. The first kappa shape index (κ1) is 20.6. The van der Waals surface area contributed by atoms with Crippen LogP contribution in [0.15, 0.2) is 35.1 Å². The largest absolute Gasteiger partial charge is 0.496 e. The number of benzene rings is 1. The molecule has 4 rings (SSSR count). The Morgan fingerprint density at radius 1 is 1.19 bits per heavy atom. The molecular weight excluding hydrogens is 396 g/mol. The second-order valence-corrected chi connectivity index (χ2v) is 7.98.